The van der Waals surface area contributed by atoms with Crippen molar-refractivity contribution in [2.24, 2.45) is 7.05 Å². The quantitative estimate of drug-likeness (QED) is 0.412. The standard InChI is InChI=1S/C19H12N4O3/c1-21-16-5-3-2-4-15(16)18-17(21)10-12(11-20)19(24)22(18)13-6-8-14(9-7-13)23(25)26/h2-10H,1H3. The summed E-state index contributed by atoms with van der Waals surface area (Å²) in [6.07, 6.45) is 0. The van der Waals surface area contributed by atoms with E-state index in [1.54, 1.807) is 6.07 Å². The van der Waals surface area contributed by atoms with Crippen molar-refractivity contribution in [3.63, 3.8) is 0 Å². The van der Waals surface area contributed by atoms with Crippen LogP contribution >= 0.6 is 0 Å². The van der Waals surface area contributed by atoms with Crippen LogP contribution in [0, 0.1) is 21.4 Å². The Kier molecular flexibility index (Phi) is 3.34. The molecular weight excluding hydrogens is 332 g/mol. The molecule has 0 aliphatic heterocycles. The molecule has 0 radical (unpaired) electrons. The summed E-state index contributed by atoms with van der Waals surface area (Å²) in [5.74, 6) is 0. The van der Waals surface area contributed by atoms with Gasteiger partial charge in [-0.15, -0.1) is 0 Å². The van der Waals surface area contributed by atoms with Gasteiger partial charge in [0.2, 0.25) is 0 Å². The second-order valence-corrected chi connectivity index (χ2v) is 5.89. The molecule has 0 atom stereocenters. The van der Waals surface area contributed by atoms with Crippen molar-refractivity contribution in [3.8, 4) is 11.8 Å². The molecular formula is C19H12N4O3. The smallest absolute Gasteiger partial charge is 0.273 e. The lowest BCUT2D eigenvalue weighted by Gasteiger charge is -2.09. The number of aryl methyl sites for hydroxylation is 1. The van der Waals surface area contributed by atoms with E-state index in [0.29, 0.717) is 11.2 Å². The minimum Gasteiger partial charge on any atom is -0.342 e. The molecule has 0 aliphatic carbocycles. The van der Waals surface area contributed by atoms with E-state index in [1.807, 2.05) is 41.9 Å². The van der Waals surface area contributed by atoms with Gasteiger partial charge in [0, 0.05) is 30.3 Å². The van der Waals surface area contributed by atoms with Crippen LogP contribution in [0.15, 0.2) is 59.4 Å². The molecule has 0 amide bonds. The number of nitro benzene ring substituents is 1. The average molecular weight is 344 g/mol. The largest absolute Gasteiger partial charge is 0.342 e. The Balaban J connectivity index is 2.18. The Labute approximate surface area is 147 Å². The van der Waals surface area contributed by atoms with Crippen molar-refractivity contribution in [2.75, 3.05) is 0 Å². The molecule has 2 heterocycles. The maximum absolute atomic E-state index is 12.9. The van der Waals surface area contributed by atoms with Crippen molar-refractivity contribution < 1.29 is 4.92 Å². The molecule has 0 fully saturated rings. The maximum Gasteiger partial charge on any atom is 0.273 e. The molecule has 0 unspecified atom stereocenters. The first-order valence-corrected chi connectivity index (χ1v) is 7.81. The van der Waals surface area contributed by atoms with Crippen LogP contribution in [0.2, 0.25) is 0 Å². The molecule has 0 N–H and O–H groups in total. The number of hydrogen-bond donors (Lipinski definition) is 0. The molecule has 0 saturated carbocycles. The topological polar surface area (TPSA) is 93.9 Å². The third kappa shape index (κ3) is 2.09. The van der Waals surface area contributed by atoms with Crippen LogP contribution in [0.1, 0.15) is 5.56 Å². The zero-order valence-corrected chi connectivity index (χ0v) is 13.7. The number of hydrogen-bond acceptors (Lipinski definition) is 4. The van der Waals surface area contributed by atoms with E-state index in [1.165, 1.54) is 28.8 Å². The predicted octanol–water partition coefficient (Wildman–Crippen LogP) is 3.26. The van der Waals surface area contributed by atoms with Crippen LogP contribution in [0.25, 0.3) is 27.6 Å². The normalized spacial score (nSPS) is 10.9. The van der Waals surface area contributed by atoms with Gasteiger partial charge >= 0.3 is 0 Å². The summed E-state index contributed by atoms with van der Waals surface area (Å²) in [4.78, 5) is 23.3. The number of fused-ring (bicyclic) bond motifs is 3. The molecule has 0 saturated heterocycles. The number of nitriles is 1. The number of aromatic nitrogens is 2. The van der Waals surface area contributed by atoms with Crippen LogP contribution in [0.5, 0.6) is 0 Å². The van der Waals surface area contributed by atoms with Gasteiger partial charge in [-0.25, -0.2) is 0 Å². The number of nitrogens with zero attached hydrogens (tertiary/aromatic N) is 4. The molecule has 26 heavy (non-hydrogen) atoms. The second-order valence-electron chi connectivity index (χ2n) is 5.89. The number of non-ortho nitro benzene ring substituents is 1. The second kappa shape index (κ2) is 5.57. The molecule has 0 bridgehead atoms. The molecule has 126 valence electrons. The first kappa shape index (κ1) is 15.6. The highest BCUT2D eigenvalue weighted by atomic mass is 16.6. The van der Waals surface area contributed by atoms with E-state index in [2.05, 4.69) is 0 Å². The van der Waals surface area contributed by atoms with Gasteiger partial charge in [0.05, 0.1) is 21.5 Å². The van der Waals surface area contributed by atoms with Crippen LogP contribution in [0.3, 0.4) is 0 Å². The zero-order valence-electron chi connectivity index (χ0n) is 13.7. The third-order valence-corrected chi connectivity index (χ3v) is 4.50. The summed E-state index contributed by atoms with van der Waals surface area (Å²) >= 11 is 0. The van der Waals surface area contributed by atoms with E-state index in [4.69, 9.17) is 0 Å². The summed E-state index contributed by atoms with van der Waals surface area (Å²) in [6.45, 7) is 0. The van der Waals surface area contributed by atoms with Crippen LogP contribution < -0.4 is 5.56 Å². The van der Waals surface area contributed by atoms with Crippen LogP contribution in [-0.2, 0) is 7.05 Å². The lowest BCUT2D eigenvalue weighted by molar-refractivity contribution is -0.384. The summed E-state index contributed by atoms with van der Waals surface area (Å²) < 4.78 is 3.37. The fourth-order valence-electron chi connectivity index (χ4n) is 3.26. The molecule has 4 rings (SSSR count). The van der Waals surface area contributed by atoms with Gasteiger partial charge in [-0.2, -0.15) is 5.26 Å². The highest BCUT2D eigenvalue weighted by Gasteiger charge is 2.18. The summed E-state index contributed by atoms with van der Waals surface area (Å²) in [5, 5.41) is 21.1. The van der Waals surface area contributed by atoms with Crippen molar-refractivity contribution in [3.05, 3.63) is 80.6 Å². The molecule has 7 heteroatoms. The van der Waals surface area contributed by atoms with Gasteiger partial charge in [-0.3, -0.25) is 19.5 Å². The summed E-state index contributed by atoms with van der Waals surface area (Å²) in [5.41, 5.74) is 2.30. The Bertz CT molecular complexity index is 1290. The first-order chi connectivity index (χ1) is 12.5. The fourth-order valence-corrected chi connectivity index (χ4v) is 3.26. The number of pyridine rings is 1. The van der Waals surface area contributed by atoms with E-state index in [9.17, 15) is 20.2 Å². The lowest BCUT2D eigenvalue weighted by Crippen LogP contribution is -2.21. The van der Waals surface area contributed by atoms with E-state index < -0.39 is 10.5 Å². The third-order valence-electron chi connectivity index (χ3n) is 4.50. The highest BCUT2D eigenvalue weighted by molar-refractivity contribution is 6.06. The average Bonchev–Trinajstić information content (AvgIpc) is 2.94. The Hall–Kier alpha value is -3.92. The molecule has 0 aliphatic rings. The van der Waals surface area contributed by atoms with Gasteiger partial charge in [-0.1, -0.05) is 18.2 Å². The lowest BCUT2D eigenvalue weighted by atomic mass is 10.2. The van der Waals surface area contributed by atoms with Gasteiger partial charge in [0.25, 0.3) is 11.2 Å². The molecule has 0 spiro atoms. The monoisotopic (exact) mass is 344 g/mol. The summed E-state index contributed by atoms with van der Waals surface area (Å²) in [6, 6.07) is 16.9. The highest BCUT2D eigenvalue weighted by Crippen LogP contribution is 2.29. The van der Waals surface area contributed by atoms with Crippen LogP contribution in [-0.4, -0.2) is 14.1 Å². The molecule has 2 aromatic carbocycles. The van der Waals surface area contributed by atoms with Crippen molar-refractivity contribution in [2.45, 2.75) is 0 Å². The summed E-state index contributed by atoms with van der Waals surface area (Å²) in [7, 11) is 1.87. The van der Waals surface area contributed by atoms with E-state index >= 15 is 0 Å². The van der Waals surface area contributed by atoms with Gasteiger partial charge in [0.1, 0.15) is 11.6 Å². The number of para-hydroxylation sites is 1. The Morgan fingerprint density at radius 1 is 1.08 bits per heavy atom. The van der Waals surface area contributed by atoms with E-state index in [-0.39, 0.29) is 11.3 Å². The zero-order chi connectivity index (χ0) is 18.4. The SMILES string of the molecule is Cn1c2ccccc2c2c1cc(C#N)c(=O)n2-c1ccc([N+](=O)[O-])cc1. The van der Waals surface area contributed by atoms with E-state index in [0.717, 1.165) is 16.4 Å². The maximum atomic E-state index is 12.9. The van der Waals surface area contributed by atoms with Crippen LogP contribution in [0.4, 0.5) is 5.69 Å². The molecule has 2 aromatic heterocycles. The molecule has 4 aromatic rings. The molecule has 7 nitrogen and oxygen atoms in total. The van der Waals surface area contributed by atoms with Gasteiger partial charge < -0.3 is 4.57 Å². The van der Waals surface area contributed by atoms with Crippen molar-refractivity contribution in [1.82, 2.24) is 9.13 Å². The number of nitro groups is 1. The first-order valence-electron chi connectivity index (χ1n) is 7.81. The predicted molar refractivity (Wildman–Crippen MR) is 97.4 cm³/mol. The van der Waals surface area contributed by atoms with Gasteiger partial charge in [0.15, 0.2) is 0 Å². The van der Waals surface area contributed by atoms with Crippen molar-refractivity contribution in [1.29, 1.82) is 5.26 Å². The Morgan fingerprint density at radius 2 is 1.77 bits per heavy atom. The van der Waals surface area contributed by atoms with Crippen molar-refractivity contribution >= 4 is 27.6 Å². The minimum absolute atomic E-state index is 0.0155. The number of rotatable bonds is 2. The fraction of sp³-hybridized carbons (Fsp3) is 0.0526. The Morgan fingerprint density at radius 3 is 2.42 bits per heavy atom. The van der Waals surface area contributed by atoms with Gasteiger partial charge in [-0.05, 0) is 24.3 Å². The minimum atomic E-state index is -0.494. The number of benzene rings is 2.